The van der Waals surface area contributed by atoms with Gasteiger partial charge in [0, 0.05) is 48.0 Å². The van der Waals surface area contributed by atoms with E-state index in [1.165, 1.54) is 12.1 Å². The fraction of sp³-hybridized carbons (Fsp3) is 0.263. The first-order chi connectivity index (χ1) is 13.3. The Bertz CT molecular complexity index is 1150. The van der Waals surface area contributed by atoms with Crippen molar-refractivity contribution >= 4 is 48.2 Å². The molecule has 1 aliphatic rings. The van der Waals surface area contributed by atoms with Crippen LogP contribution in [0.4, 0.5) is 15.9 Å². The van der Waals surface area contributed by atoms with Crippen LogP contribution in [-0.4, -0.2) is 50.8 Å². The van der Waals surface area contributed by atoms with E-state index in [9.17, 15) is 12.8 Å². The molecule has 0 amide bonds. The molecule has 4 rings (SSSR count). The average Bonchev–Trinajstić information content (AvgIpc) is 2.66. The first kappa shape index (κ1) is 19.1. The van der Waals surface area contributed by atoms with Gasteiger partial charge < -0.3 is 9.80 Å². The summed E-state index contributed by atoms with van der Waals surface area (Å²) in [7, 11) is -3.47. The lowest BCUT2D eigenvalue weighted by Crippen LogP contribution is -2.47. The van der Waals surface area contributed by atoms with Crippen LogP contribution < -0.4 is 9.80 Å². The zero-order valence-corrected chi connectivity index (χ0v) is 17.5. The van der Waals surface area contributed by atoms with Gasteiger partial charge in [-0.1, -0.05) is 15.9 Å². The van der Waals surface area contributed by atoms with Crippen LogP contribution in [0.2, 0.25) is 0 Å². The van der Waals surface area contributed by atoms with Gasteiger partial charge in [0.1, 0.15) is 18.0 Å². The van der Waals surface area contributed by atoms with E-state index in [0.717, 1.165) is 33.5 Å². The van der Waals surface area contributed by atoms with Crippen molar-refractivity contribution in [1.82, 2.24) is 9.97 Å². The smallest absolute Gasteiger partial charge is 0.175 e. The predicted octanol–water partition coefficient (Wildman–Crippen LogP) is 3.26. The number of aromatic nitrogens is 2. The molecule has 146 valence electrons. The number of benzene rings is 2. The molecule has 28 heavy (non-hydrogen) atoms. The van der Waals surface area contributed by atoms with E-state index in [1.54, 1.807) is 6.33 Å². The zero-order valence-electron chi connectivity index (χ0n) is 15.1. The van der Waals surface area contributed by atoms with E-state index in [-0.39, 0.29) is 4.90 Å². The van der Waals surface area contributed by atoms with Crippen LogP contribution in [-0.2, 0) is 9.84 Å². The van der Waals surface area contributed by atoms with E-state index < -0.39 is 15.7 Å². The summed E-state index contributed by atoms with van der Waals surface area (Å²) in [6.45, 7) is 2.63. The maximum atomic E-state index is 13.9. The summed E-state index contributed by atoms with van der Waals surface area (Å²) in [6.07, 6.45) is 2.64. The molecule has 1 saturated heterocycles. The van der Waals surface area contributed by atoms with Gasteiger partial charge in [-0.2, -0.15) is 0 Å². The van der Waals surface area contributed by atoms with E-state index in [1.807, 2.05) is 23.1 Å². The van der Waals surface area contributed by atoms with Crippen LogP contribution >= 0.6 is 15.9 Å². The first-order valence-corrected chi connectivity index (χ1v) is 11.4. The molecule has 0 N–H and O–H groups in total. The lowest BCUT2D eigenvalue weighted by molar-refractivity contribution is 0.594. The maximum absolute atomic E-state index is 13.9. The number of hydrogen-bond donors (Lipinski definition) is 0. The second-order valence-corrected chi connectivity index (χ2v) is 9.68. The van der Waals surface area contributed by atoms with Crippen molar-refractivity contribution in [2.75, 3.05) is 42.2 Å². The number of hydrogen-bond acceptors (Lipinski definition) is 6. The van der Waals surface area contributed by atoms with Crippen LogP contribution in [0.15, 0.2) is 52.1 Å². The summed E-state index contributed by atoms with van der Waals surface area (Å²) in [6, 6.07) is 9.86. The molecule has 2 aromatic carbocycles. The summed E-state index contributed by atoms with van der Waals surface area (Å²) < 4.78 is 38.5. The molecule has 2 heterocycles. The van der Waals surface area contributed by atoms with Crippen LogP contribution in [0.5, 0.6) is 0 Å². The van der Waals surface area contributed by atoms with Gasteiger partial charge in [0.2, 0.25) is 0 Å². The molecule has 0 saturated carbocycles. The number of anilines is 2. The third-order valence-electron chi connectivity index (χ3n) is 4.80. The maximum Gasteiger partial charge on any atom is 0.175 e. The van der Waals surface area contributed by atoms with Crippen LogP contribution in [0.25, 0.3) is 10.9 Å². The van der Waals surface area contributed by atoms with E-state index in [2.05, 4.69) is 30.8 Å². The molecule has 1 aliphatic heterocycles. The Morgan fingerprint density at radius 1 is 1.00 bits per heavy atom. The van der Waals surface area contributed by atoms with Crippen molar-refractivity contribution in [1.29, 1.82) is 0 Å². The van der Waals surface area contributed by atoms with Gasteiger partial charge in [-0.05, 0) is 36.4 Å². The van der Waals surface area contributed by atoms with Crippen LogP contribution in [0.3, 0.4) is 0 Å². The highest BCUT2D eigenvalue weighted by atomic mass is 79.9. The van der Waals surface area contributed by atoms with Crippen LogP contribution in [0.1, 0.15) is 0 Å². The van der Waals surface area contributed by atoms with Crippen molar-refractivity contribution in [3.63, 3.8) is 0 Å². The molecule has 0 spiro atoms. The fourth-order valence-corrected chi connectivity index (χ4v) is 4.41. The summed E-state index contributed by atoms with van der Waals surface area (Å²) in [5.41, 5.74) is 1.45. The number of piperazine rings is 1. The van der Waals surface area contributed by atoms with Crippen LogP contribution in [0, 0.1) is 5.82 Å². The minimum atomic E-state index is -3.47. The Hall–Kier alpha value is -2.26. The van der Waals surface area contributed by atoms with Gasteiger partial charge in [0.15, 0.2) is 9.84 Å². The Kier molecular flexibility index (Phi) is 4.96. The second-order valence-electron chi connectivity index (χ2n) is 6.75. The highest BCUT2D eigenvalue weighted by Crippen LogP contribution is 2.28. The Morgan fingerprint density at radius 3 is 2.43 bits per heavy atom. The molecule has 0 bridgehead atoms. The Balaban J connectivity index is 1.58. The summed E-state index contributed by atoms with van der Waals surface area (Å²) in [5, 5.41) is 0.968. The second kappa shape index (κ2) is 7.29. The molecule has 0 aliphatic carbocycles. The van der Waals surface area contributed by atoms with E-state index >= 15 is 0 Å². The molecule has 6 nitrogen and oxygen atoms in total. The Morgan fingerprint density at radius 2 is 1.71 bits per heavy atom. The SMILES string of the molecule is CS(=O)(=O)c1cc(F)cc(N2CCN(c3ncnc4ccc(Br)cc34)CC2)c1. The predicted molar refractivity (Wildman–Crippen MR) is 111 cm³/mol. The molecule has 1 fully saturated rings. The largest absolute Gasteiger partial charge is 0.368 e. The van der Waals surface area contributed by atoms with Crippen molar-refractivity contribution in [3.05, 3.63) is 53.0 Å². The van der Waals surface area contributed by atoms with E-state index in [4.69, 9.17) is 0 Å². The molecular weight excluding hydrogens is 447 g/mol. The Labute approximate surface area is 171 Å². The quantitative estimate of drug-likeness (QED) is 0.592. The lowest BCUT2D eigenvalue weighted by Gasteiger charge is -2.37. The van der Waals surface area contributed by atoms with Gasteiger partial charge in [0.25, 0.3) is 0 Å². The summed E-state index contributed by atoms with van der Waals surface area (Å²) in [4.78, 5) is 12.9. The molecule has 0 unspecified atom stereocenters. The monoisotopic (exact) mass is 464 g/mol. The van der Waals surface area contributed by atoms with Crippen molar-refractivity contribution in [3.8, 4) is 0 Å². The molecule has 1 aromatic heterocycles. The molecule has 0 radical (unpaired) electrons. The number of fused-ring (bicyclic) bond motifs is 1. The van der Waals surface area contributed by atoms with Gasteiger partial charge in [-0.25, -0.2) is 22.8 Å². The molecule has 9 heteroatoms. The van der Waals surface area contributed by atoms with Gasteiger partial charge in [-0.3, -0.25) is 0 Å². The van der Waals surface area contributed by atoms with Gasteiger partial charge in [0.05, 0.1) is 10.4 Å². The summed E-state index contributed by atoms with van der Waals surface area (Å²) >= 11 is 3.49. The topological polar surface area (TPSA) is 66.4 Å². The average molecular weight is 465 g/mol. The minimum absolute atomic E-state index is 0.00317. The first-order valence-electron chi connectivity index (χ1n) is 8.72. The molecule has 0 atom stereocenters. The number of rotatable bonds is 3. The van der Waals surface area contributed by atoms with Gasteiger partial charge in [-0.15, -0.1) is 0 Å². The summed E-state index contributed by atoms with van der Waals surface area (Å²) in [5.74, 6) is 0.314. The van der Waals surface area contributed by atoms with Gasteiger partial charge >= 0.3 is 0 Å². The van der Waals surface area contributed by atoms with Crippen molar-refractivity contribution in [2.45, 2.75) is 4.90 Å². The van der Waals surface area contributed by atoms with Crippen molar-refractivity contribution < 1.29 is 12.8 Å². The lowest BCUT2D eigenvalue weighted by atomic mass is 10.2. The third-order valence-corrected chi connectivity index (χ3v) is 6.39. The minimum Gasteiger partial charge on any atom is -0.368 e. The number of nitrogens with zero attached hydrogens (tertiary/aromatic N) is 4. The van der Waals surface area contributed by atoms with E-state index in [0.29, 0.717) is 31.9 Å². The standard InChI is InChI=1S/C19H18BrFN4O2S/c1-28(26,27)16-10-14(21)9-15(11-16)24-4-6-25(7-5-24)19-17-8-13(20)2-3-18(17)22-12-23-19/h2-3,8-12H,4-7H2,1H3. The highest BCUT2D eigenvalue weighted by molar-refractivity contribution is 9.10. The third kappa shape index (κ3) is 3.81. The number of sulfone groups is 1. The highest BCUT2D eigenvalue weighted by Gasteiger charge is 2.22. The molecule has 3 aromatic rings. The zero-order chi connectivity index (χ0) is 19.9. The fourth-order valence-electron chi connectivity index (χ4n) is 3.39. The normalized spacial score (nSPS) is 15.2. The molecular formula is C19H18BrFN4O2S. The van der Waals surface area contributed by atoms with Crippen molar-refractivity contribution in [2.24, 2.45) is 0 Å². The number of halogens is 2.